The standard InChI is InChI=1S/C8H17O2Si/c1-4-8-11(3)10-7-6-9-5-2/h4H,1,5-8H2,2-3H3. The van der Waals surface area contributed by atoms with Crippen LogP contribution in [0.15, 0.2) is 12.7 Å². The average molecular weight is 173 g/mol. The highest BCUT2D eigenvalue weighted by Gasteiger charge is 2.01. The maximum absolute atomic E-state index is 5.49. The Labute approximate surface area is 70.9 Å². The topological polar surface area (TPSA) is 18.5 Å². The van der Waals surface area contributed by atoms with E-state index in [9.17, 15) is 0 Å². The molecule has 0 spiro atoms. The second-order valence-corrected chi connectivity index (χ2v) is 4.34. The van der Waals surface area contributed by atoms with Crippen LogP contribution >= 0.6 is 0 Å². The van der Waals surface area contributed by atoms with Crippen molar-refractivity contribution in [2.75, 3.05) is 19.8 Å². The van der Waals surface area contributed by atoms with Gasteiger partial charge in [0.05, 0.1) is 13.2 Å². The molecule has 0 amide bonds. The first-order valence-electron chi connectivity index (χ1n) is 3.95. The minimum absolute atomic E-state index is 0.619. The second kappa shape index (κ2) is 7.98. The fourth-order valence-electron chi connectivity index (χ4n) is 0.681. The van der Waals surface area contributed by atoms with Crippen LogP contribution in [0.5, 0.6) is 0 Å². The van der Waals surface area contributed by atoms with Crippen molar-refractivity contribution in [1.82, 2.24) is 0 Å². The Hall–Kier alpha value is -0.123. The molecule has 0 fully saturated rings. The van der Waals surface area contributed by atoms with E-state index in [1.165, 1.54) is 0 Å². The van der Waals surface area contributed by atoms with Crippen LogP contribution in [0.25, 0.3) is 0 Å². The van der Waals surface area contributed by atoms with Crippen molar-refractivity contribution in [3.05, 3.63) is 12.7 Å². The fourth-order valence-corrected chi connectivity index (χ4v) is 1.64. The van der Waals surface area contributed by atoms with Gasteiger partial charge in [-0.3, -0.25) is 0 Å². The van der Waals surface area contributed by atoms with Crippen molar-refractivity contribution in [1.29, 1.82) is 0 Å². The van der Waals surface area contributed by atoms with Crippen LogP contribution in [0.2, 0.25) is 12.6 Å². The van der Waals surface area contributed by atoms with E-state index in [1.807, 2.05) is 13.0 Å². The number of allylic oxidation sites excluding steroid dienone is 1. The maximum Gasteiger partial charge on any atom is 0.212 e. The zero-order valence-electron chi connectivity index (χ0n) is 7.43. The molecule has 0 atom stereocenters. The largest absolute Gasteiger partial charge is 0.414 e. The van der Waals surface area contributed by atoms with Crippen LogP contribution in [0.4, 0.5) is 0 Å². The molecule has 0 aliphatic heterocycles. The van der Waals surface area contributed by atoms with Gasteiger partial charge in [0.15, 0.2) is 0 Å². The summed E-state index contributed by atoms with van der Waals surface area (Å²) in [6, 6.07) is 1.01. The predicted molar refractivity (Wildman–Crippen MR) is 49.1 cm³/mol. The normalized spacial score (nSPS) is 10.5. The highest BCUT2D eigenvalue weighted by atomic mass is 28.3. The van der Waals surface area contributed by atoms with Gasteiger partial charge in [0.2, 0.25) is 9.04 Å². The monoisotopic (exact) mass is 173 g/mol. The van der Waals surface area contributed by atoms with Gasteiger partial charge in [-0.25, -0.2) is 0 Å². The van der Waals surface area contributed by atoms with Gasteiger partial charge in [0, 0.05) is 6.61 Å². The number of hydrogen-bond acceptors (Lipinski definition) is 2. The lowest BCUT2D eigenvalue weighted by Gasteiger charge is -2.07. The van der Waals surface area contributed by atoms with E-state index < -0.39 is 9.04 Å². The molecular weight excluding hydrogens is 156 g/mol. The fraction of sp³-hybridized carbons (Fsp3) is 0.750. The molecule has 0 aromatic heterocycles. The lowest BCUT2D eigenvalue weighted by molar-refractivity contribution is 0.110. The number of hydrogen-bond donors (Lipinski definition) is 0. The lowest BCUT2D eigenvalue weighted by Crippen LogP contribution is -2.15. The summed E-state index contributed by atoms with van der Waals surface area (Å²) in [6.45, 7) is 10.0. The number of ether oxygens (including phenoxy) is 1. The Morgan fingerprint density at radius 1 is 1.45 bits per heavy atom. The van der Waals surface area contributed by atoms with E-state index in [0.717, 1.165) is 25.9 Å². The smallest absolute Gasteiger partial charge is 0.212 e. The molecule has 11 heavy (non-hydrogen) atoms. The molecular formula is C8H17O2Si. The molecule has 0 rings (SSSR count). The minimum atomic E-state index is -0.619. The third-order valence-electron chi connectivity index (χ3n) is 1.21. The molecule has 0 heterocycles. The molecule has 0 aromatic rings. The summed E-state index contributed by atoms with van der Waals surface area (Å²) < 4.78 is 10.6. The van der Waals surface area contributed by atoms with E-state index in [4.69, 9.17) is 9.16 Å². The summed E-state index contributed by atoms with van der Waals surface area (Å²) in [6.07, 6.45) is 1.91. The van der Waals surface area contributed by atoms with Crippen molar-refractivity contribution in [2.45, 2.75) is 19.5 Å². The van der Waals surface area contributed by atoms with Crippen LogP contribution in [0.3, 0.4) is 0 Å². The predicted octanol–water partition coefficient (Wildman–Crippen LogP) is 1.85. The van der Waals surface area contributed by atoms with Gasteiger partial charge >= 0.3 is 0 Å². The van der Waals surface area contributed by atoms with Gasteiger partial charge < -0.3 is 9.16 Å². The molecule has 0 aliphatic carbocycles. The van der Waals surface area contributed by atoms with Gasteiger partial charge in [-0.15, -0.1) is 6.58 Å². The van der Waals surface area contributed by atoms with Crippen LogP contribution in [-0.2, 0) is 9.16 Å². The highest BCUT2D eigenvalue weighted by Crippen LogP contribution is 1.94. The van der Waals surface area contributed by atoms with E-state index in [1.54, 1.807) is 0 Å². The third-order valence-corrected chi connectivity index (χ3v) is 2.77. The molecule has 0 unspecified atom stereocenters. The Balaban J connectivity index is 3.03. The molecule has 65 valence electrons. The van der Waals surface area contributed by atoms with Crippen LogP contribution in [-0.4, -0.2) is 28.9 Å². The van der Waals surface area contributed by atoms with Crippen molar-refractivity contribution in [3.8, 4) is 0 Å². The molecule has 0 N–H and O–H groups in total. The van der Waals surface area contributed by atoms with Gasteiger partial charge in [0.25, 0.3) is 0 Å². The van der Waals surface area contributed by atoms with Crippen molar-refractivity contribution in [3.63, 3.8) is 0 Å². The van der Waals surface area contributed by atoms with Gasteiger partial charge in [-0.2, -0.15) is 0 Å². The van der Waals surface area contributed by atoms with Gasteiger partial charge in [0.1, 0.15) is 0 Å². The van der Waals surface area contributed by atoms with E-state index in [-0.39, 0.29) is 0 Å². The molecule has 0 aromatic carbocycles. The Bertz CT molecular complexity index is 96.1. The Morgan fingerprint density at radius 3 is 2.73 bits per heavy atom. The van der Waals surface area contributed by atoms with Gasteiger partial charge in [-0.1, -0.05) is 6.08 Å². The molecule has 0 aliphatic rings. The van der Waals surface area contributed by atoms with E-state index in [2.05, 4.69) is 13.1 Å². The molecule has 0 saturated heterocycles. The van der Waals surface area contributed by atoms with Gasteiger partial charge in [-0.05, 0) is 19.5 Å². The first-order valence-corrected chi connectivity index (χ1v) is 6.06. The van der Waals surface area contributed by atoms with Crippen molar-refractivity contribution < 1.29 is 9.16 Å². The third kappa shape index (κ3) is 7.78. The number of rotatable bonds is 7. The lowest BCUT2D eigenvalue weighted by atomic mass is 10.8. The quantitative estimate of drug-likeness (QED) is 0.332. The Morgan fingerprint density at radius 2 is 2.18 bits per heavy atom. The molecule has 1 radical (unpaired) electrons. The van der Waals surface area contributed by atoms with Crippen molar-refractivity contribution in [2.24, 2.45) is 0 Å². The van der Waals surface area contributed by atoms with Crippen LogP contribution in [0, 0.1) is 0 Å². The molecule has 2 nitrogen and oxygen atoms in total. The summed E-state index contributed by atoms with van der Waals surface area (Å²) in [7, 11) is -0.619. The molecule has 0 saturated carbocycles. The van der Waals surface area contributed by atoms with E-state index in [0.29, 0.717) is 0 Å². The van der Waals surface area contributed by atoms with Crippen molar-refractivity contribution >= 4 is 9.04 Å². The zero-order valence-corrected chi connectivity index (χ0v) is 8.43. The molecule has 3 heteroatoms. The maximum atomic E-state index is 5.49. The van der Waals surface area contributed by atoms with Crippen LogP contribution in [0.1, 0.15) is 6.92 Å². The first kappa shape index (κ1) is 10.9. The Kier molecular flexibility index (Phi) is 7.89. The first-order chi connectivity index (χ1) is 5.31. The summed E-state index contributed by atoms with van der Waals surface area (Å²) in [5, 5.41) is 0. The molecule has 0 bridgehead atoms. The highest BCUT2D eigenvalue weighted by molar-refractivity contribution is 6.50. The second-order valence-electron chi connectivity index (χ2n) is 2.24. The minimum Gasteiger partial charge on any atom is -0.414 e. The summed E-state index contributed by atoms with van der Waals surface area (Å²) in [5.74, 6) is 0. The van der Waals surface area contributed by atoms with E-state index >= 15 is 0 Å². The average Bonchev–Trinajstić information content (AvgIpc) is 1.99. The van der Waals surface area contributed by atoms with Crippen LogP contribution < -0.4 is 0 Å². The summed E-state index contributed by atoms with van der Waals surface area (Å²) in [5.41, 5.74) is 0. The summed E-state index contributed by atoms with van der Waals surface area (Å²) >= 11 is 0. The zero-order chi connectivity index (χ0) is 8.53. The SMILES string of the molecule is C=CC[Si](C)OCCOCC. The summed E-state index contributed by atoms with van der Waals surface area (Å²) in [4.78, 5) is 0.